The van der Waals surface area contributed by atoms with Crippen LogP contribution in [0.4, 0.5) is 0 Å². The number of hydrogen-bond acceptors (Lipinski definition) is 5. The molecule has 0 spiro atoms. The fourth-order valence-electron chi connectivity index (χ4n) is 3.61. The predicted molar refractivity (Wildman–Crippen MR) is 160 cm³/mol. The van der Waals surface area contributed by atoms with E-state index in [1.54, 1.807) is 43.5 Å². The number of nitrogens with zero attached hydrogens (tertiary/aromatic N) is 2. The second-order valence-electron chi connectivity index (χ2n) is 13.5. The highest BCUT2D eigenvalue weighted by atomic mass is 28.4. The van der Waals surface area contributed by atoms with Crippen molar-refractivity contribution in [3.8, 4) is 0 Å². The van der Waals surface area contributed by atoms with Crippen molar-refractivity contribution in [2.45, 2.75) is 104 Å². The van der Waals surface area contributed by atoms with Crippen LogP contribution in [0, 0.1) is 12.8 Å². The summed E-state index contributed by atoms with van der Waals surface area (Å²) in [5.41, 5.74) is -0.627. The Balaban J connectivity index is 2.53. The molecule has 0 aliphatic carbocycles. The van der Waals surface area contributed by atoms with Gasteiger partial charge in [-0.2, -0.15) is 4.57 Å². The molecule has 0 N–H and O–H groups in total. The van der Waals surface area contributed by atoms with Crippen LogP contribution >= 0.6 is 0 Å². The fourth-order valence-corrected chi connectivity index (χ4v) is 6.15. The van der Waals surface area contributed by atoms with Crippen LogP contribution < -0.4 is 11.2 Å². The maximum absolute atomic E-state index is 13.6. The summed E-state index contributed by atoms with van der Waals surface area (Å²) in [5, 5.41) is 0.0543. The summed E-state index contributed by atoms with van der Waals surface area (Å²) >= 11 is 0. The van der Waals surface area contributed by atoms with Gasteiger partial charge in [-0.3, -0.25) is 14.2 Å². The molecule has 38 heavy (non-hydrogen) atoms. The average Bonchev–Trinajstić information content (AvgIpc) is 2.78. The summed E-state index contributed by atoms with van der Waals surface area (Å²) in [5.74, 6) is -0.786. The minimum atomic E-state index is -2.11. The molecule has 0 saturated carbocycles. The third-order valence-electron chi connectivity index (χ3n) is 8.40. The number of aromatic nitrogens is 2. The van der Waals surface area contributed by atoms with Crippen LogP contribution in [-0.2, 0) is 15.4 Å². The lowest BCUT2D eigenvalue weighted by Gasteiger charge is -2.42. The van der Waals surface area contributed by atoms with Crippen LogP contribution in [0.3, 0.4) is 0 Å². The van der Waals surface area contributed by atoms with E-state index in [0.29, 0.717) is 12.2 Å². The zero-order chi connectivity index (χ0) is 29.3. The molecule has 9 heteroatoms. The van der Waals surface area contributed by atoms with Crippen molar-refractivity contribution in [1.29, 1.82) is 0 Å². The molecule has 0 aliphatic rings. The first-order valence-corrected chi connectivity index (χ1v) is 19.3. The minimum absolute atomic E-state index is 0.0227. The van der Waals surface area contributed by atoms with E-state index in [0.717, 1.165) is 4.57 Å². The van der Waals surface area contributed by atoms with Crippen LogP contribution in [0.25, 0.3) is 0 Å². The number of rotatable bonds is 9. The van der Waals surface area contributed by atoms with E-state index < -0.39 is 33.8 Å². The second kappa shape index (κ2) is 11.6. The van der Waals surface area contributed by atoms with Gasteiger partial charge in [-0.1, -0.05) is 59.7 Å². The van der Waals surface area contributed by atoms with E-state index in [2.05, 4.69) is 67.7 Å². The summed E-state index contributed by atoms with van der Waals surface area (Å²) in [6, 6.07) is 8.41. The molecular formula is C29H48N2O5Si2. The van der Waals surface area contributed by atoms with Crippen molar-refractivity contribution >= 4 is 22.5 Å². The van der Waals surface area contributed by atoms with E-state index in [1.165, 1.54) is 4.57 Å². The largest absolute Gasteiger partial charge is 0.416 e. The van der Waals surface area contributed by atoms with Crippen molar-refractivity contribution in [1.82, 2.24) is 9.13 Å². The van der Waals surface area contributed by atoms with Gasteiger partial charge in [0.05, 0.1) is 0 Å². The van der Waals surface area contributed by atoms with Crippen molar-refractivity contribution in [3.05, 3.63) is 68.5 Å². The van der Waals surface area contributed by atoms with E-state index in [-0.39, 0.29) is 34.2 Å². The zero-order valence-electron chi connectivity index (χ0n) is 25.5. The Kier molecular flexibility index (Phi) is 9.79. The van der Waals surface area contributed by atoms with Crippen molar-refractivity contribution in [2.24, 2.45) is 5.92 Å². The topological polar surface area (TPSA) is 79.5 Å². The summed E-state index contributed by atoms with van der Waals surface area (Å²) in [7, 11) is -4.18. The maximum Gasteiger partial charge on any atom is 0.338 e. The van der Waals surface area contributed by atoms with Crippen LogP contribution in [0.15, 0.2) is 46.1 Å². The molecule has 0 fully saturated rings. The van der Waals surface area contributed by atoms with Gasteiger partial charge in [0.2, 0.25) is 0 Å². The normalized spacial score (nSPS) is 14.8. The smallest absolute Gasteiger partial charge is 0.338 e. The molecule has 2 rings (SSSR count). The lowest BCUT2D eigenvalue weighted by Crippen LogP contribution is -2.50. The standard InChI is InChI=1S/C29H48N2O5Si2/c1-21-18-30(27(34)31(25(21)32)26(33)23-16-14-13-15-17-23)19-24(20-35-37(9,10)28(3,4)5)22(2)36-38(11,12)29(6,7)8/h13-18,22,24H,19-20H2,1-12H3/t22-,24+/m1/s1. The van der Waals surface area contributed by atoms with Crippen LogP contribution in [0.1, 0.15) is 64.4 Å². The van der Waals surface area contributed by atoms with Gasteiger partial charge in [0.1, 0.15) is 0 Å². The quantitative estimate of drug-likeness (QED) is 0.349. The molecule has 0 saturated heterocycles. The molecule has 1 aromatic carbocycles. The Hall–Kier alpha value is -2.08. The fraction of sp³-hybridized carbons (Fsp3) is 0.621. The first-order valence-electron chi connectivity index (χ1n) is 13.4. The van der Waals surface area contributed by atoms with E-state index in [9.17, 15) is 14.4 Å². The Labute approximate surface area is 230 Å². The molecule has 0 amide bonds. The number of hydrogen-bond donors (Lipinski definition) is 0. The number of carbonyl (C=O) groups excluding carboxylic acids is 1. The molecule has 2 atom stereocenters. The predicted octanol–water partition coefficient (Wildman–Crippen LogP) is 6.06. The lowest BCUT2D eigenvalue weighted by molar-refractivity contribution is 0.0794. The Bertz CT molecular complexity index is 1230. The number of aryl methyl sites for hydroxylation is 1. The molecular weight excluding hydrogens is 513 g/mol. The van der Waals surface area contributed by atoms with E-state index >= 15 is 0 Å². The van der Waals surface area contributed by atoms with Gasteiger partial charge in [-0.05, 0) is 62.2 Å². The molecule has 212 valence electrons. The highest BCUT2D eigenvalue weighted by Crippen LogP contribution is 2.39. The molecule has 0 unspecified atom stereocenters. The molecule has 2 aromatic rings. The molecule has 0 bridgehead atoms. The van der Waals surface area contributed by atoms with Crippen LogP contribution in [-0.4, -0.2) is 44.4 Å². The highest BCUT2D eigenvalue weighted by Gasteiger charge is 2.41. The van der Waals surface area contributed by atoms with Gasteiger partial charge in [-0.15, -0.1) is 0 Å². The van der Waals surface area contributed by atoms with Gasteiger partial charge in [0, 0.05) is 42.5 Å². The number of carbonyl (C=O) groups is 1. The van der Waals surface area contributed by atoms with E-state index in [1.807, 2.05) is 6.92 Å². The third-order valence-corrected chi connectivity index (χ3v) is 17.5. The SMILES string of the molecule is Cc1cn(C[C@@H](CO[Si](C)(C)C(C)(C)C)[C@@H](C)O[Si](C)(C)C(C)(C)C)c(=O)n(C(=O)c2ccccc2)c1=O. The first-order chi connectivity index (χ1) is 17.2. The van der Waals surface area contributed by atoms with Gasteiger partial charge >= 0.3 is 5.69 Å². The molecule has 7 nitrogen and oxygen atoms in total. The van der Waals surface area contributed by atoms with Crippen LogP contribution in [0.5, 0.6) is 0 Å². The van der Waals surface area contributed by atoms with Crippen LogP contribution in [0.2, 0.25) is 36.3 Å². The molecule has 1 heterocycles. The summed E-state index contributed by atoms with van der Waals surface area (Å²) in [4.78, 5) is 39.7. The summed E-state index contributed by atoms with van der Waals surface area (Å²) < 4.78 is 15.6. The minimum Gasteiger partial charge on any atom is -0.416 e. The van der Waals surface area contributed by atoms with Gasteiger partial charge < -0.3 is 8.85 Å². The van der Waals surface area contributed by atoms with E-state index in [4.69, 9.17) is 8.85 Å². The average molecular weight is 561 g/mol. The van der Waals surface area contributed by atoms with Gasteiger partial charge in [0.25, 0.3) is 11.5 Å². The monoisotopic (exact) mass is 560 g/mol. The van der Waals surface area contributed by atoms with Crippen molar-refractivity contribution in [3.63, 3.8) is 0 Å². The summed E-state index contributed by atoms with van der Waals surface area (Å²) in [6.07, 6.45) is 1.36. The number of benzene rings is 1. The third kappa shape index (κ3) is 7.31. The van der Waals surface area contributed by atoms with Gasteiger partial charge in [-0.25, -0.2) is 4.79 Å². The second-order valence-corrected chi connectivity index (χ2v) is 23.0. The lowest BCUT2D eigenvalue weighted by atomic mass is 10.1. The highest BCUT2D eigenvalue weighted by molar-refractivity contribution is 6.74. The molecule has 0 aliphatic heterocycles. The Morgan fingerprint density at radius 3 is 1.95 bits per heavy atom. The van der Waals surface area contributed by atoms with Crippen molar-refractivity contribution in [2.75, 3.05) is 6.61 Å². The maximum atomic E-state index is 13.6. The Morgan fingerprint density at radius 2 is 1.45 bits per heavy atom. The zero-order valence-corrected chi connectivity index (χ0v) is 27.5. The molecule has 0 radical (unpaired) electrons. The molecule has 1 aromatic heterocycles. The van der Waals surface area contributed by atoms with Gasteiger partial charge in [0.15, 0.2) is 16.6 Å². The summed E-state index contributed by atoms with van der Waals surface area (Å²) in [6.45, 7) is 26.4. The first kappa shape index (κ1) is 32.1. The van der Waals surface area contributed by atoms with Crippen molar-refractivity contribution < 1.29 is 13.6 Å². The Morgan fingerprint density at radius 1 is 0.921 bits per heavy atom.